The molecule has 1 aliphatic rings. The molecule has 0 radical (unpaired) electrons. The summed E-state index contributed by atoms with van der Waals surface area (Å²) < 4.78 is 5.29. The lowest BCUT2D eigenvalue weighted by molar-refractivity contribution is -0.118. The topological polar surface area (TPSA) is 91.5 Å². The minimum atomic E-state index is -0.668. The van der Waals surface area contributed by atoms with E-state index in [9.17, 15) is 14.4 Å². The number of benzene rings is 1. The quantitative estimate of drug-likeness (QED) is 0.875. The molecular weight excluding hydrogens is 322 g/mol. The highest BCUT2D eigenvalue weighted by atomic mass is 16.5. The van der Waals surface area contributed by atoms with E-state index < -0.39 is 11.9 Å². The molecule has 25 heavy (non-hydrogen) atoms. The first kappa shape index (κ1) is 16.8. The molecule has 0 aliphatic carbocycles. The van der Waals surface area contributed by atoms with Crippen molar-refractivity contribution in [1.29, 1.82) is 0 Å². The van der Waals surface area contributed by atoms with E-state index >= 15 is 0 Å². The van der Waals surface area contributed by atoms with E-state index in [0.29, 0.717) is 30.1 Å². The molecule has 2 aromatic rings. The number of nitrogens with zero attached hydrogens (tertiary/aromatic N) is 1. The lowest BCUT2D eigenvalue weighted by Crippen LogP contribution is -2.42. The van der Waals surface area contributed by atoms with Gasteiger partial charge >= 0.3 is 0 Å². The molecule has 0 bridgehead atoms. The number of aromatic amines is 1. The predicted molar refractivity (Wildman–Crippen MR) is 93.0 cm³/mol. The van der Waals surface area contributed by atoms with Gasteiger partial charge in [-0.05, 0) is 25.5 Å². The van der Waals surface area contributed by atoms with E-state index in [1.807, 2.05) is 12.1 Å². The second kappa shape index (κ2) is 6.80. The van der Waals surface area contributed by atoms with Crippen molar-refractivity contribution in [1.82, 2.24) is 10.3 Å². The average Bonchev–Trinajstić information content (AvgIpc) is 2.95. The summed E-state index contributed by atoms with van der Waals surface area (Å²) in [5, 5.41) is 2.65. The zero-order valence-corrected chi connectivity index (χ0v) is 14.0. The Morgan fingerprint density at radius 1 is 1.32 bits per heavy atom. The van der Waals surface area contributed by atoms with Crippen LogP contribution in [0.3, 0.4) is 0 Å². The maximum absolute atomic E-state index is 12.6. The summed E-state index contributed by atoms with van der Waals surface area (Å²) in [6.45, 7) is 2.20. The van der Waals surface area contributed by atoms with Crippen molar-refractivity contribution in [3.8, 4) is 5.75 Å². The van der Waals surface area contributed by atoms with Crippen molar-refractivity contribution in [2.45, 2.75) is 19.4 Å². The van der Waals surface area contributed by atoms with Crippen LogP contribution in [0.15, 0.2) is 41.3 Å². The van der Waals surface area contributed by atoms with Gasteiger partial charge < -0.3 is 19.9 Å². The molecule has 0 unspecified atom stereocenters. The van der Waals surface area contributed by atoms with Gasteiger partial charge in [0.1, 0.15) is 17.4 Å². The standard InChI is InChI=1S/C18H19N3O4/c1-11-9-15(22)12(10-19-11)17(23)20-13-7-8-21(18(13)24)14-5-3-4-6-16(14)25-2/h3-6,9-10,13H,7-8H2,1-2H3,(H,19,22)(H,20,23)/t13-/m0/s1. The van der Waals surface area contributed by atoms with E-state index in [1.54, 1.807) is 31.1 Å². The van der Waals surface area contributed by atoms with Crippen molar-refractivity contribution in [3.63, 3.8) is 0 Å². The van der Waals surface area contributed by atoms with Gasteiger partial charge in [-0.1, -0.05) is 12.1 Å². The van der Waals surface area contributed by atoms with Crippen LogP contribution in [0.5, 0.6) is 5.75 Å². The third-order valence-corrected chi connectivity index (χ3v) is 4.19. The highest BCUT2D eigenvalue weighted by molar-refractivity contribution is 6.04. The van der Waals surface area contributed by atoms with Crippen molar-refractivity contribution in [2.24, 2.45) is 0 Å². The molecule has 0 spiro atoms. The molecule has 1 saturated heterocycles. The van der Waals surface area contributed by atoms with Crippen molar-refractivity contribution < 1.29 is 14.3 Å². The summed E-state index contributed by atoms with van der Waals surface area (Å²) in [5.41, 5.74) is 0.954. The summed E-state index contributed by atoms with van der Waals surface area (Å²) in [4.78, 5) is 41.3. The SMILES string of the molecule is COc1ccccc1N1CC[C@H](NC(=O)c2c[nH]c(C)cc2=O)C1=O. The number of aromatic nitrogens is 1. The normalized spacial score (nSPS) is 16.8. The largest absolute Gasteiger partial charge is 0.495 e. The predicted octanol–water partition coefficient (Wildman–Crippen LogP) is 1.23. The van der Waals surface area contributed by atoms with E-state index in [1.165, 1.54) is 12.3 Å². The van der Waals surface area contributed by atoms with Crippen LogP contribution in [0.1, 0.15) is 22.5 Å². The Hall–Kier alpha value is -3.09. The number of hydrogen-bond donors (Lipinski definition) is 2. The van der Waals surface area contributed by atoms with Gasteiger partial charge in [0.25, 0.3) is 5.91 Å². The van der Waals surface area contributed by atoms with E-state index in [4.69, 9.17) is 4.74 Å². The maximum atomic E-state index is 12.6. The van der Waals surface area contributed by atoms with Crippen molar-refractivity contribution in [3.05, 3.63) is 58.0 Å². The smallest absolute Gasteiger partial charge is 0.257 e. The number of aryl methyl sites for hydroxylation is 1. The number of methoxy groups -OCH3 is 1. The molecule has 1 fully saturated rings. The molecule has 1 aliphatic heterocycles. The molecule has 130 valence electrons. The number of para-hydroxylation sites is 2. The van der Waals surface area contributed by atoms with Crippen LogP contribution >= 0.6 is 0 Å². The van der Waals surface area contributed by atoms with Crippen LogP contribution in [-0.2, 0) is 4.79 Å². The van der Waals surface area contributed by atoms with Gasteiger partial charge in [0.05, 0.1) is 12.8 Å². The van der Waals surface area contributed by atoms with Crippen LogP contribution < -0.4 is 20.4 Å². The molecule has 7 heteroatoms. The lowest BCUT2D eigenvalue weighted by Gasteiger charge is -2.19. The molecule has 1 atom stereocenters. The van der Waals surface area contributed by atoms with Gasteiger partial charge in [-0.15, -0.1) is 0 Å². The molecule has 3 rings (SSSR count). The van der Waals surface area contributed by atoms with Gasteiger partial charge in [0.2, 0.25) is 5.91 Å². The molecule has 1 aromatic carbocycles. The molecule has 2 N–H and O–H groups in total. The fourth-order valence-electron chi connectivity index (χ4n) is 2.89. The Bertz CT molecular complexity index is 875. The van der Waals surface area contributed by atoms with E-state index in [0.717, 1.165) is 0 Å². The van der Waals surface area contributed by atoms with Crippen LogP contribution in [-0.4, -0.2) is 36.5 Å². The second-order valence-corrected chi connectivity index (χ2v) is 5.87. The molecular formula is C18H19N3O4. The first-order valence-corrected chi connectivity index (χ1v) is 7.96. The maximum Gasteiger partial charge on any atom is 0.257 e. The number of rotatable bonds is 4. The number of pyridine rings is 1. The minimum Gasteiger partial charge on any atom is -0.495 e. The Labute approximate surface area is 144 Å². The highest BCUT2D eigenvalue weighted by Crippen LogP contribution is 2.31. The van der Waals surface area contributed by atoms with Crippen LogP contribution in [0.4, 0.5) is 5.69 Å². The molecule has 2 amide bonds. The minimum absolute atomic E-state index is 0.00542. The zero-order valence-electron chi connectivity index (χ0n) is 14.0. The summed E-state index contributed by atoms with van der Waals surface area (Å²) in [7, 11) is 1.54. The number of H-pyrrole nitrogens is 1. The van der Waals surface area contributed by atoms with Crippen molar-refractivity contribution in [2.75, 3.05) is 18.6 Å². The summed E-state index contributed by atoms with van der Waals surface area (Å²) >= 11 is 0. The number of carbonyl (C=O) groups is 2. The number of carbonyl (C=O) groups excluding carboxylic acids is 2. The van der Waals surface area contributed by atoms with Crippen LogP contribution in [0.25, 0.3) is 0 Å². The number of hydrogen-bond acceptors (Lipinski definition) is 4. The Morgan fingerprint density at radius 2 is 2.08 bits per heavy atom. The lowest BCUT2D eigenvalue weighted by atomic mass is 10.2. The van der Waals surface area contributed by atoms with Gasteiger partial charge in [-0.2, -0.15) is 0 Å². The molecule has 0 saturated carbocycles. The van der Waals surface area contributed by atoms with Crippen molar-refractivity contribution >= 4 is 17.5 Å². The second-order valence-electron chi connectivity index (χ2n) is 5.87. The number of nitrogens with one attached hydrogen (secondary N) is 2. The van der Waals surface area contributed by atoms with Gasteiger partial charge in [0.15, 0.2) is 5.43 Å². The third-order valence-electron chi connectivity index (χ3n) is 4.19. The number of ether oxygens (including phenoxy) is 1. The first-order chi connectivity index (χ1) is 12.0. The van der Waals surface area contributed by atoms with Gasteiger partial charge in [-0.25, -0.2) is 0 Å². The Morgan fingerprint density at radius 3 is 2.80 bits per heavy atom. The zero-order chi connectivity index (χ0) is 18.0. The molecule has 7 nitrogen and oxygen atoms in total. The van der Waals surface area contributed by atoms with Crippen LogP contribution in [0, 0.1) is 6.92 Å². The number of amides is 2. The summed E-state index contributed by atoms with van der Waals surface area (Å²) in [6.07, 6.45) is 1.83. The highest BCUT2D eigenvalue weighted by Gasteiger charge is 2.35. The Kier molecular flexibility index (Phi) is 4.56. The van der Waals surface area contributed by atoms with Gasteiger partial charge in [-0.3, -0.25) is 14.4 Å². The fraction of sp³-hybridized carbons (Fsp3) is 0.278. The summed E-state index contributed by atoms with van der Waals surface area (Å²) in [6, 6.07) is 7.91. The van der Waals surface area contributed by atoms with Crippen LogP contribution in [0.2, 0.25) is 0 Å². The monoisotopic (exact) mass is 341 g/mol. The average molecular weight is 341 g/mol. The van der Waals surface area contributed by atoms with Gasteiger partial charge in [0, 0.05) is 24.5 Å². The number of anilines is 1. The summed E-state index contributed by atoms with van der Waals surface area (Å²) in [5.74, 6) is -0.180. The first-order valence-electron chi connectivity index (χ1n) is 7.96. The molecule has 2 heterocycles. The molecule has 1 aromatic heterocycles. The van der Waals surface area contributed by atoms with E-state index in [2.05, 4.69) is 10.3 Å². The third kappa shape index (κ3) is 3.26. The Balaban J connectivity index is 1.76. The van der Waals surface area contributed by atoms with E-state index in [-0.39, 0.29) is 16.9 Å². The fourth-order valence-corrected chi connectivity index (χ4v) is 2.89.